The van der Waals surface area contributed by atoms with Crippen molar-refractivity contribution in [3.8, 4) is 11.3 Å². The van der Waals surface area contributed by atoms with Crippen molar-refractivity contribution in [2.45, 2.75) is 19.9 Å². The van der Waals surface area contributed by atoms with Crippen LogP contribution in [0.4, 0.5) is 5.95 Å². The Kier molecular flexibility index (Phi) is 4.08. The number of nitrogen functional groups attached to an aromatic ring is 1. The average molecular weight is 349 g/mol. The van der Waals surface area contributed by atoms with Gasteiger partial charge in [-0.3, -0.25) is 4.79 Å². The number of aromatic nitrogens is 5. The van der Waals surface area contributed by atoms with E-state index in [4.69, 9.17) is 5.73 Å². The fourth-order valence-electron chi connectivity index (χ4n) is 3.24. The molecule has 2 aromatic heterocycles. The van der Waals surface area contributed by atoms with E-state index >= 15 is 0 Å². The predicted octanol–water partition coefficient (Wildman–Crippen LogP) is 1.23. The minimum atomic E-state index is -0.205. The monoisotopic (exact) mass is 349 g/mol. The molecular weight excluding hydrogens is 330 g/mol. The normalized spacial score (nSPS) is 15.7. The standard InChI is InChI=1S/C18H19N7O/c1-11-23-24-15-7-12(10-25(11)15)8-20-17(26)14-9-21-18(19)22-16(14)13-5-3-2-4-6-13/h2-6,9,12H,7-8,10H2,1H3,(H,20,26)(H2,19,21,22). The number of amides is 1. The molecule has 3 heterocycles. The van der Waals surface area contributed by atoms with Crippen LogP contribution in [-0.2, 0) is 13.0 Å². The molecule has 8 nitrogen and oxygen atoms in total. The van der Waals surface area contributed by atoms with E-state index in [1.54, 1.807) is 0 Å². The van der Waals surface area contributed by atoms with Crippen LogP contribution in [0.5, 0.6) is 0 Å². The molecule has 3 N–H and O–H groups in total. The zero-order chi connectivity index (χ0) is 18.1. The number of nitrogens with one attached hydrogen (secondary N) is 1. The maximum Gasteiger partial charge on any atom is 0.255 e. The first-order chi connectivity index (χ1) is 12.6. The van der Waals surface area contributed by atoms with Gasteiger partial charge >= 0.3 is 0 Å². The Balaban J connectivity index is 1.49. The summed E-state index contributed by atoms with van der Waals surface area (Å²) < 4.78 is 2.10. The minimum Gasteiger partial charge on any atom is -0.368 e. The number of nitrogens with two attached hydrogens (primary N) is 1. The third kappa shape index (κ3) is 3.01. The Bertz CT molecular complexity index is 951. The number of benzene rings is 1. The zero-order valence-corrected chi connectivity index (χ0v) is 14.4. The van der Waals surface area contributed by atoms with E-state index in [1.165, 1.54) is 6.20 Å². The fraction of sp³-hybridized carbons (Fsp3) is 0.278. The molecule has 3 aromatic rings. The largest absolute Gasteiger partial charge is 0.368 e. The molecule has 1 amide bonds. The molecule has 0 saturated carbocycles. The first-order valence-electron chi connectivity index (χ1n) is 8.46. The van der Waals surface area contributed by atoms with Gasteiger partial charge in [-0.1, -0.05) is 30.3 Å². The molecule has 1 atom stereocenters. The highest BCUT2D eigenvalue weighted by atomic mass is 16.1. The van der Waals surface area contributed by atoms with Crippen molar-refractivity contribution in [3.63, 3.8) is 0 Å². The van der Waals surface area contributed by atoms with Gasteiger partial charge in [0.1, 0.15) is 11.6 Å². The second-order valence-electron chi connectivity index (χ2n) is 6.41. The molecule has 1 aliphatic heterocycles. The number of rotatable bonds is 4. The Hall–Kier alpha value is -3.29. The van der Waals surface area contributed by atoms with Crippen molar-refractivity contribution in [1.29, 1.82) is 0 Å². The van der Waals surface area contributed by atoms with Crippen LogP contribution < -0.4 is 11.1 Å². The molecule has 0 radical (unpaired) electrons. The molecule has 0 spiro atoms. The SMILES string of the molecule is Cc1nnc2n1CC(CNC(=O)c1cnc(N)nc1-c1ccccc1)C2. The van der Waals surface area contributed by atoms with E-state index in [-0.39, 0.29) is 11.9 Å². The molecule has 1 unspecified atom stereocenters. The maximum absolute atomic E-state index is 12.7. The third-order valence-electron chi connectivity index (χ3n) is 4.57. The van der Waals surface area contributed by atoms with Crippen molar-refractivity contribution < 1.29 is 4.79 Å². The molecule has 132 valence electrons. The van der Waals surface area contributed by atoms with Crippen LogP contribution >= 0.6 is 0 Å². The van der Waals surface area contributed by atoms with Crippen molar-refractivity contribution >= 4 is 11.9 Å². The highest BCUT2D eigenvalue weighted by molar-refractivity contribution is 5.99. The Morgan fingerprint density at radius 1 is 1.31 bits per heavy atom. The summed E-state index contributed by atoms with van der Waals surface area (Å²) in [5.74, 6) is 2.13. The van der Waals surface area contributed by atoms with E-state index < -0.39 is 0 Å². The molecule has 0 fully saturated rings. The van der Waals surface area contributed by atoms with E-state index in [0.717, 1.165) is 30.2 Å². The number of anilines is 1. The van der Waals surface area contributed by atoms with Gasteiger partial charge in [-0.15, -0.1) is 10.2 Å². The van der Waals surface area contributed by atoms with Crippen LogP contribution in [0.3, 0.4) is 0 Å². The summed E-state index contributed by atoms with van der Waals surface area (Å²) in [6.45, 7) is 3.31. The van der Waals surface area contributed by atoms with Crippen LogP contribution in [0.25, 0.3) is 11.3 Å². The van der Waals surface area contributed by atoms with Gasteiger partial charge in [0.2, 0.25) is 5.95 Å². The smallest absolute Gasteiger partial charge is 0.255 e. The summed E-state index contributed by atoms with van der Waals surface area (Å²) in [5, 5.41) is 11.2. The summed E-state index contributed by atoms with van der Waals surface area (Å²) in [6.07, 6.45) is 2.29. The quantitative estimate of drug-likeness (QED) is 0.733. The summed E-state index contributed by atoms with van der Waals surface area (Å²) in [6, 6.07) is 9.49. The molecular formula is C18H19N7O. The van der Waals surface area contributed by atoms with Gasteiger partial charge in [-0.25, -0.2) is 9.97 Å². The lowest BCUT2D eigenvalue weighted by molar-refractivity contribution is 0.0947. The van der Waals surface area contributed by atoms with Gasteiger partial charge in [-0.2, -0.15) is 0 Å². The van der Waals surface area contributed by atoms with Gasteiger partial charge in [0, 0.05) is 37.2 Å². The summed E-state index contributed by atoms with van der Waals surface area (Å²) in [4.78, 5) is 21.0. The van der Waals surface area contributed by atoms with Gasteiger partial charge in [0.05, 0.1) is 11.3 Å². The molecule has 0 aliphatic carbocycles. The van der Waals surface area contributed by atoms with Crippen molar-refractivity contribution in [1.82, 2.24) is 30.0 Å². The van der Waals surface area contributed by atoms with Crippen LogP contribution in [0, 0.1) is 12.8 Å². The van der Waals surface area contributed by atoms with Crippen molar-refractivity contribution in [2.75, 3.05) is 12.3 Å². The predicted molar refractivity (Wildman–Crippen MR) is 96.2 cm³/mol. The number of carbonyl (C=O) groups is 1. The van der Waals surface area contributed by atoms with Gasteiger partial charge in [0.25, 0.3) is 5.91 Å². The first kappa shape index (κ1) is 16.2. The number of nitrogens with zero attached hydrogens (tertiary/aromatic N) is 5. The van der Waals surface area contributed by atoms with E-state index in [1.807, 2.05) is 37.3 Å². The fourth-order valence-corrected chi connectivity index (χ4v) is 3.24. The van der Waals surface area contributed by atoms with Crippen LogP contribution in [0.2, 0.25) is 0 Å². The Morgan fingerprint density at radius 3 is 2.88 bits per heavy atom. The number of hydrogen-bond donors (Lipinski definition) is 2. The van der Waals surface area contributed by atoms with Crippen LogP contribution in [-0.4, -0.2) is 37.2 Å². The van der Waals surface area contributed by atoms with Gasteiger partial charge < -0.3 is 15.6 Å². The second-order valence-corrected chi connectivity index (χ2v) is 6.41. The number of aryl methyl sites for hydroxylation is 1. The third-order valence-corrected chi connectivity index (χ3v) is 4.57. The Labute approximate surface area is 150 Å². The van der Waals surface area contributed by atoms with Crippen LogP contribution in [0.1, 0.15) is 22.0 Å². The minimum absolute atomic E-state index is 0.143. The van der Waals surface area contributed by atoms with E-state index in [9.17, 15) is 4.79 Å². The number of carbonyl (C=O) groups excluding carboxylic acids is 1. The summed E-state index contributed by atoms with van der Waals surface area (Å²) >= 11 is 0. The first-order valence-corrected chi connectivity index (χ1v) is 8.46. The summed E-state index contributed by atoms with van der Waals surface area (Å²) in [5.41, 5.74) is 7.50. The Morgan fingerprint density at radius 2 is 2.12 bits per heavy atom. The molecule has 0 bridgehead atoms. The van der Waals surface area contributed by atoms with Gasteiger partial charge in [0.15, 0.2) is 0 Å². The molecule has 4 rings (SSSR count). The molecule has 8 heteroatoms. The number of fused-ring (bicyclic) bond motifs is 1. The lowest BCUT2D eigenvalue weighted by Crippen LogP contribution is -2.30. The highest BCUT2D eigenvalue weighted by Crippen LogP contribution is 2.22. The average Bonchev–Trinajstić information content (AvgIpc) is 3.22. The van der Waals surface area contributed by atoms with Crippen molar-refractivity contribution in [3.05, 3.63) is 53.7 Å². The number of hydrogen-bond acceptors (Lipinski definition) is 6. The molecule has 0 saturated heterocycles. The topological polar surface area (TPSA) is 112 Å². The lowest BCUT2D eigenvalue weighted by Gasteiger charge is -2.13. The van der Waals surface area contributed by atoms with Crippen LogP contribution in [0.15, 0.2) is 36.5 Å². The zero-order valence-electron chi connectivity index (χ0n) is 14.4. The van der Waals surface area contributed by atoms with E-state index in [2.05, 4.69) is 30.0 Å². The second kappa shape index (κ2) is 6.55. The summed E-state index contributed by atoms with van der Waals surface area (Å²) in [7, 11) is 0. The van der Waals surface area contributed by atoms with E-state index in [0.29, 0.717) is 23.7 Å². The maximum atomic E-state index is 12.7. The molecule has 1 aliphatic rings. The highest BCUT2D eigenvalue weighted by Gasteiger charge is 2.25. The molecule has 1 aromatic carbocycles. The van der Waals surface area contributed by atoms with Gasteiger partial charge in [-0.05, 0) is 6.92 Å². The van der Waals surface area contributed by atoms with Crippen molar-refractivity contribution in [2.24, 2.45) is 5.92 Å². The lowest BCUT2D eigenvalue weighted by atomic mass is 10.1. The molecule has 26 heavy (non-hydrogen) atoms.